The molecule has 1 saturated heterocycles. The molecular weight excluding hydrogens is 444 g/mol. The first-order valence-electron chi connectivity index (χ1n) is 11.8. The lowest BCUT2D eigenvalue weighted by atomic mass is 9.69. The summed E-state index contributed by atoms with van der Waals surface area (Å²) in [6, 6.07) is 26.3. The maximum Gasteiger partial charge on any atom is 0.339 e. The Morgan fingerprint density at radius 3 is 1.97 bits per heavy atom. The van der Waals surface area contributed by atoms with Gasteiger partial charge in [-0.1, -0.05) is 72.8 Å². The third kappa shape index (κ3) is 5.78. The summed E-state index contributed by atoms with van der Waals surface area (Å²) >= 11 is 0. The quantitative estimate of drug-likeness (QED) is 0.454. The van der Waals surface area contributed by atoms with Gasteiger partial charge in [0.05, 0.1) is 11.1 Å². The minimum absolute atomic E-state index is 0.00687. The van der Waals surface area contributed by atoms with Crippen LogP contribution < -0.4 is 0 Å². The highest BCUT2D eigenvalue weighted by Crippen LogP contribution is 2.42. The van der Waals surface area contributed by atoms with Crippen LogP contribution in [0.5, 0.6) is 0 Å². The second kappa shape index (κ2) is 11.3. The number of aromatic carboxylic acids is 1. The zero-order valence-electron chi connectivity index (χ0n) is 19.8. The van der Waals surface area contributed by atoms with Gasteiger partial charge in [0.1, 0.15) is 0 Å². The summed E-state index contributed by atoms with van der Waals surface area (Å²) in [5, 5.41) is 9.60. The van der Waals surface area contributed by atoms with Crippen LogP contribution in [0.15, 0.2) is 84.9 Å². The third-order valence-corrected chi connectivity index (χ3v) is 6.59. The van der Waals surface area contributed by atoms with Crippen LogP contribution in [0.25, 0.3) is 0 Å². The van der Waals surface area contributed by atoms with Crippen molar-refractivity contribution in [3.8, 4) is 0 Å². The number of carboxylic acid groups (broad SMARTS) is 1. The van der Waals surface area contributed by atoms with Gasteiger partial charge in [-0.3, -0.25) is 0 Å². The Balaban J connectivity index is 1.77. The molecule has 0 saturated carbocycles. The number of methoxy groups -OCH3 is 1. The van der Waals surface area contributed by atoms with Crippen molar-refractivity contribution < 1.29 is 28.9 Å². The molecule has 6 heteroatoms. The Hall–Kier alpha value is -3.48. The Kier molecular flexibility index (Phi) is 7.95. The van der Waals surface area contributed by atoms with E-state index in [1.165, 1.54) is 19.2 Å². The molecule has 1 N–H and O–H groups in total. The highest BCUT2D eigenvalue weighted by molar-refractivity contribution is 6.02. The highest BCUT2D eigenvalue weighted by Gasteiger charge is 2.48. The van der Waals surface area contributed by atoms with E-state index in [4.69, 9.17) is 14.2 Å². The van der Waals surface area contributed by atoms with Gasteiger partial charge in [-0.25, -0.2) is 9.59 Å². The summed E-state index contributed by atoms with van der Waals surface area (Å²) < 4.78 is 17.9. The van der Waals surface area contributed by atoms with Crippen LogP contribution in [-0.2, 0) is 27.1 Å². The Morgan fingerprint density at radius 1 is 0.886 bits per heavy atom. The Bertz CT molecular complexity index is 1090. The summed E-state index contributed by atoms with van der Waals surface area (Å²) in [7, 11) is 1.54. The van der Waals surface area contributed by atoms with Crippen LogP contribution >= 0.6 is 0 Å². The molecule has 1 fully saturated rings. The molecular formula is C29H30O6. The van der Waals surface area contributed by atoms with Gasteiger partial charge in [-0.05, 0) is 48.9 Å². The molecule has 0 spiro atoms. The number of hydrogen-bond acceptors (Lipinski definition) is 5. The molecule has 3 aromatic rings. The van der Waals surface area contributed by atoms with Gasteiger partial charge in [0, 0.05) is 19.1 Å². The molecule has 6 nitrogen and oxygen atoms in total. The standard InChI is InChI=1S/C29H30O6/c1-33-28-25(35-27(32)24-16-9-8-15-23(24)26(30)31)29(17-10-18-34-28,19-21-11-4-2-5-12-21)20-22-13-6-3-7-14-22/h2-9,11-16,25,28H,10,17-20H2,1H3,(H,30,31)/t25-,28+/m1/s1. The SMILES string of the molecule is CO[C@H]1OCCCC(Cc2ccccc2)(Cc2ccccc2)[C@@H]1OC(=O)c1ccccc1C(=O)O. The van der Waals surface area contributed by atoms with E-state index in [9.17, 15) is 14.7 Å². The molecule has 2 atom stereocenters. The van der Waals surface area contributed by atoms with Crippen LogP contribution in [0.1, 0.15) is 44.7 Å². The smallest absolute Gasteiger partial charge is 0.339 e. The average molecular weight is 475 g/mol. The fourth-order valence-corrected chi connectivity index (χ4v) is 4.99. The maximum absolute atomic E-state index is 13.4. The molecule has 0 amide bonds. The van der Waals surface area contributed by atoms with Gasteiger partial charge in [-0.15, -0.1) is 0 Å². The van der Waals surface area contributed by atoms with Crippen LogP contribution in [0.3, 0.4) is 0 Å². The van der Waals surface area contributed by atoms with E-state index in [2.05, 4.69) is 24.3 Å². The zero-order valence-corrected chi connectivity index (χ0v) is 19.8. The number of hydrogen-bond donors (Lipinski definition) is 1. The van der Waals surface area contributed by atoms with Crippen LogP contribution in [-0.4, -0.2) is 43.2 Å². The lowest BCUT2D eigenvalue weighted by Crippen LogP contribution is -2.49. The van der Waals surface area contributed by atoms with E-state index in [0.29, 0.717) is 19.4 Å². The number of esters is 1. The number of carboxylic acids is 1. The van der Waals surface area contributed by atoms with Gasteiger partial charge in [0.25, 0.3) is 0 Å². The average Bonchev–Trinajstić information content (AvgIpc) is 3.04. The van der Waals surface area contributed by atoms with Crippen LogP contribution in [0, 0.1) is 5.41 Å². The lowest BCUT2D eigenvalue weighted by molar-refractivity contribution is -0.199. The number of ether oxygens (including phenoxy) is 3. The topological polar surface area (TPSA) is 82.1 Å². The fourth-order valence-electron chi connectivity index (χ4n) is 4.99. The maximum atomic E-state index is 13.4. The van der Waals surface area contributed by atoms with Gasteiger partial charge < -0.3 is 19.3 Å². The normalized spacial score (nSPS) is 19.5. The number of carbonyl (C=O) groups is 2. The third-order valence-electron chi connectivity index (χ3n) is 6.59. The Labute approximate surface area is 205 Å². The van der Waals surface area contributed by atoms with Gasteiger partial charge in [0.2, 0.25) is 0 Å². The molecule has 0 unspecified atom stereocenters. The van der Waals surface area contributed by atoms with Crippen molar-refractivity contribution in [2.24, 2.45) is 5.41 Å². The van der Waals surface area contributed by atoms with Crippen molar-refractivity contribution in [2.45, 2.75) is 38.1 Å². The second-order valence-corrected chi connectivity index (χ2v) is 8.94. The second-order valence-electron chi connectivity index (χ2n) is 8.94. The van der Waals surface area contributed by atoms with E-state index < -0.39 is 29.7 Å². The van der Waals surface area contributed by atoms with Crippen molar-refractivity contribution in [2.75, 3.05) is 13.7 Å². The van der Waals surface area contributed by atoms with E-state index in [1.54, 1.807) is 12.1 Å². The number of rotatable bonds is 8. The summed E-state index contributed by atoms with van der Waals surface area (Å²) in [5.74, 6) is -1.89. The molecule has 0 radical (unpaired) electrons. The molecule has 1 heterocycles. The largest absolute Gasteiger partial charge is 0.478 e. The molecule has 0 bridgehead atoms. The van der Waals surface area contributed by atoms with E-state index >= 15 is 0 Å². The predicted octanol–water partition coefficient (Wildman–Crippen LogP) is 5.16. The predicted molar refractivity (Wildman–Crippen MR) is 131 cm³/mol. The first-order chi connectivity index (χ1) is 17.0. The fraction of sp³-hybridized carbons (Fsp3) is 0.310. The van der Waals surface area contributed by atoms with Crippen molar-refractivity contribution in [1.82, 2.24) is 0 Å². The zero-order chi connectivity index (χ0) is 24.7. The molecule has 3 aromatic carbocycles. The van der Waals surface area contributed by atoms with Crippen molar-refractivity contribution in [1.29, 1.82) is 0 Å². The van der Waals surface area contributed by atoms with Gasteiger partial charge >= 0.3 is 11.9 Å². The minimum atomic E-state index is -1.18. The van der Waals surface area contributed by atoms with Gasteiger partial charge in [-0.2, -0.15) is 0 Å². The monoisotopic (exact) mass is 474 g/mol. The minimum Gasteiger partial charge on any atom is -0.478 e. The molecule has 0 aromatic heterocycles. The molecule has 182 valence electrons. The molecule has 4 rings (SSSR count). The van der Waals surface area contributed by atoms with Crippen molar-refractivity contribution >= 4 is 11.9 Å². The highest BCUT2D eigenvalue weighted by atomic mass is 16.7. The number of carbonyl (C=O) groups excluding carboxylic acids is 1. The van der Waals surface area contributed by atoms with Crippen molar-refractivity contribution in [3.63, 3.8) is 0 Å². The van der Waals surface area contributed by atoms with E-state index in [1.807, 2.05) is 36.4 Å². The molecule has 35 heavy (non-hydrogen) atoms. The summed E-state index contributed by atoms with van der Waals surface area (Å²) in [4.78, 5) is 25.2. The first kappa shape index (κ1) is 24.6. The van der Waals surface area contributed by atoms with Crippen LogP contribution in [0.4, 0.5) is 0 Å². The molecule has 0 aliphatic carbocycles. The van der Waals surface area contributed by atoms with Crippen LogP contribution in [0.2, 0.25) is 0 Å². The Morgan fingerprint density at radius 2 is 1.43 bits per heavy atom. The molecule has 1 aliphatic heterocycles. The summed E-state index contributed by atoms with van der Waals surface area (Å²) in [6.45, 7) is 0.476. The molecule has 1 aliphatic rings. The first-order valence-corrected chi connectivity index (χ1v) is 11.8. The van der Waals surface area contributed by atoms with E-state index in [-0.39, 0.29) is 11.1 Å². The van der Waals surface area contributed by atoms with Gasteiger partial charge in [0.15, 0.2) is 12.4 Å². The van der Waals surface area contributed by atoms with E-state index in [0.717, 1.165) is 24.0 Å². The summed E-state index contributed by atoms with van der Waals surface area (Å²) in [5.41, 5.74) is 1.61. The number of benzene rings is 3. The summed E-state index contributed by atoms with van der Waals surface area (Å²) in [6.07, 6.45) is 1.26. The lowest BCUT2D eigenvalue weighted by Gasteiger charge is -2.41. The van der Waals surface area contributed by atoms with Crippen molar-refractivity contribution in [3.05, 3.63) is 107 Å².